The lowest BCUT2D eigenvalue weighted by molar-refractivity contribution is 0.669. The molecule has 10 aromatic carbocycles. The summed E-state index contributed by atoms with van der Waals surface area (Å²) in [5, 5.41) is 9.22. The summed E-state index contributed by atoms with van der Waals surface area (Å²) >= 11 is 0. The molecule has 0 aliphatic rings. The predicted molar refractivity (Wildman–Crippen MR) is 243 cm³/mol. The van der Waals surface area contributed by atoms with Crippen molar-refractivity contribution in [2.24, 2.45) is 0 Å². The van der Waals surface area contributed by atoms with Gasteiger partial charge in [0.2, 0.25) is 0 Å². The topological polar surface area (TPSA) is 26.3 Å². The third kappa shape index (κ3) is 4.92. The van der Waals surface area contributed by atoms with Gasteiger partial charge in [0.25, 0.3) is 0 Å². The standard InChI is InChI=1S/C56H34O2/c1-4-17-35(18-5-1)38-31-32-44-49(33-38)58-48-30-16-28-45(53(44)48)52-39-23-10-12-25-41(39)54(42-26-13-11-24-40(42)52)56-46(36-19-6-2-7-20-36)34-50-55(43-27-14-15-29-47(43)57-50)51(56)37-21-8-3-9-22-37/h1-34H. The number of furan rings is 2. The summed E-state index contributed by atoms with van der Waals surface area (Å²) in [6.45, 7) is 0. The van der Waals surface area contributed by atoms with E-state index in [2.05, 4.69) is 206 Å². The van der Waals surface area contributed by atoms with Crippen LogP contribution in [0, 0.1) is 0 Å². The molecule has 0 aliphatic heterocycles. The van der Waals surface area contributed by atoms with E-state index in [1.54, 1.807) is 0 Å². The second-order valence-electron chi connectivity index (χ2n) is 15.1. The van der Waals surface area contributed by atoms with E-state index in [1.807, 2.05) is 0 Å². The highest BCUT2D eigenvalue weighted by molar-refractivity contribution is 6.29. The molecule has 0 spiro atoms. The smallest absolute Gasteiger partial charge is 0.136 e. The first-order valence-electron chi connectivity index (χ1n) is 19.8. The van der Waals surface area contributed by atoms with Crippen LogP contribution in [0.5, 0.6) is 0 Å². The zero-order chi connectivity index (χ0) is 38.2. The van der Waals surface area contributed by atoms with E-state index < -0.39 is 0 Å². The third-order valence-corrected chi connectivity index (χ3v) is 11.9. The van der Waals surface area contributed by atoms with Crippen LogP contribution in [0.15, 0.2) is 215 Å². The molecule has 0 saturated carbocycles. The minimum atomic E-state index is 0.877. The van der Waals surface area contributed by atoms with Gasteiger partial charge >= 0.3 is 0 Å². The Bertz CT molecular complexity index is 3480. The lowest BCUT2D eigenvalue weighted by Crippen LogP contribution is -1.96. The van der Waals surface area contributed by atoms with Crippen molar-refractivity contribution in [2.45, 2.75) is 0 Å². The Morgan fingerprint density at radius 1 is 0.224 bits per heavy atom. The highest BCUT2D eigenvalue weighted by Gasteiger charge is 2.27. The number of benzene rings is 10. The van der Waals surface area contributed by atoms with Gasteiger partial charge in [-0.15, -0.1) is 0 Å². The van der Waals surface area contributed by atoms with Crippen LogP contribution in [0.3, 0.4) is 0 Å². The fourth-order valence-electron chi connectivity index (χ4n) is 9.42. The molecule has 0 aliphatic carbocycles. The second-order valence-corrected chi connectivity index (χ2v) is 15.1. The van der Waals surface area contributed by atoms with Crippen LogP contribution in [0.4, 0.5) is 0 Å². The molecule has 2 nitrogen and oxygen atoms in total. The van der Waals surface area contributed by atoms with E-state index in [0.717, 1.165) is 71.7 Å². The summed E-state index contributed by atoms with van der Waals surface area (Å²) in [7, 11) is 0. The summed E-state index contributed by atoms with van der Waals surface area (Å²) in [6.07, 6.45) is 0. The van der Waals surface area contributed by atoms with Crippen molar-refractivity contribution in [1.82, 2.24) is 0 Å². The normalized spacial score (nSPS) is 11.8. The SMILES string of the molecule is c1ccc(-c2ccc3c(c2)oc2cccc(-c4c5ccccc5c(-c5c(-c6ccccc6)cc6oc7ccccc7c6c5-c5ccccc5)c5ccccc45)c23)cc1. The van der Waals surface area contributed by atoms with Crippen LogP contribution >= 0.6 is 0 Å². The zero-order valence-electron chi connectivity index (χ0n) is 31.4. The van der Waals surface area contributed by atoms with Crippen molar-refractivity contribution in [3.05, 3.63) is 206 Å². The van der Waals surface area contributed by atoms with Crippen LogP contribution in [0.1, 0.15) is 0 Å². The molecule has 2 aromatic heterocycles. The molecule has 0 saturated heterocycles. The summed E-state index contributed by atoms with van der Waals surface area (Å²) in [5.41, 5.74) is 15.2. The molecule has 0 unspecified atom stereocenters. The van der Waals surface area contributed by atoms with Crippen molar-refractivity contribution < 1.29 is 8.83 Å². The van der Waals surface area contributed by atoms with Crippen LogP contribution in [0.25, 0.3) is 121 Å². The number of hydrogen-bond acceptors (Lipinski definition) is 2. The summed E-state index contributed by atoms with van der Waals surface area (Å²) < 4.78 is 13.4. The second kappa shape index (κ2) is 12.9. The molecular formula is C56H34O2. The van der Waals surface area contributed by atoms with Crippen LogP contribution in [0.2, 0.25) is 0 Å². The monoisotopic (exact) mass is 738 g/mol. The largest absolute Gasteiger partial charge is 0.456 e. The van der Waals surface area contributed by atoms with Crippen molar-refractivity contribution in [2.75, 3.05) is 0 Å². The van der Waals surface area contributed by atoms with Gasteiger partial charge in [-0.1, -0.05) is 176 Å². The molecule has 270 valence electrons. The molecule has 2 heterocycles. The molecule has 12 rings (SSSR count). The Morgan fingerprint density at radius 2 is 0.741 bits per heavy atom. The molecule has 0 bridgehead atoms. The number of hydrogen-bond donors (Lipinski definition) is 0. The predicted octanol–water partition coefficient (Wildman–Crippen LogP) is 16.1. The van der Waals surface area contributed by atoms with Crippen LogP contribution in [-0.2, 0) is 0 Å². The molecule has 58 heavy (non-hydrogen) atoms. The van der Waals surface area contributed by atoms with Crippen LogP contribution < -0.4 is 0 Å². The molecule has 0 atom stereocenters. The Labute approximate surface area is 334 Å². The molecule has 0 amide bonds. The number of fused-ring (bicyclic) bond motifs is 8. The number of rotatable bonds is 5. The molecular weight excluding hydrogens is 705 g/mol. The third-order valence-electron chi connectivity index (χ3n) is 11.9. The molecule has 2 heteroatoms. The van der Waals surface area contributed by atoms with Crippen LogP contribution in [-0.4, -0.2) is 0 Å². The fraction of sp³-hybridized carbons (Fsp3) is 0. The van der Waals surface area contributed by atoms with E-state index >= 15 is 0 Å². The van der Waals surface area contributed by atoms with Gasteiger partial charge in [-0.2, -0.15) is 0 Å². The van der Waals surface area contributed by atoms with Crippen molar-refractivity contribution >= 4 is 65.4 Å². The lowest BCUT2D eigenvalue weighted by Gasteiger charge is -2.23. The van der Waals surface area contributed by atoms with Gasteiger partial charge in [-0.3, -0.25) is 0 Å². The van der Waals surface area contributed by atoms with Gasteiger partial charge in [-0.05, 0) is 102 Å². The van der Waals surface area contributed by atoms with E-state index in [4.69, 9.17) is 8.83 Å². The minimum Gasteiger partial charge on any atom is -0.456 e. The first-order chi connectivity index (χ1) is 28.8. The summed E-state index contributed by atoms with van der Waals surface area (Å²) in [6, 6.07) is 73.9. The van der Waals surface area contributed by atoms with Gasteiger partial charge in [-0.25, -0.2) is 0 Å². The minimum absolute atomic E-state index is 0.877. The fourth-order valence-corrected chi connectivity index (χ4v) is 9.42. The Morgan fingerprint density at radius 3 is 1.41 bits per heavy atom. The van der Waals surface area contributed by atoms with E-state index in [0.29, 0.717) is 0 Å². The molecule has 0 N–H and O–H groups in total. The van der Waals surface area contributed by atoms with Gasteiger partial charge in [0, 0.05) is 27.1 Å². The molecule has 12 aromatic rings. The zero-order valence-corrected chi connectivity index (χ0v) is 31.4. The average molecular weight is 739 g/mol. The maximum atomic E-state index is 6.71. The summed E-state index contributed by atoms with van der Waals surface area (Å²) in [4.78, 5) is 0. The lowest BCUT2D eigenvalue weighted by atomic mass is 9.79. The van der Waals surface area contributed by atoms with Gasteiger partial charge in [0.15, 0.2) is 0 Å². The summed E-state index contributed by atoms with van der Waals surface area (Å²) in [5.74, 6) is 0. The highest BCUT2D eigenvalue weighted by Crippen LogP contribution is 2.53. The van der Waals surface area contributed by atoms with E-state index in [1.165, 1.54) is 49.4 Å². The Kier molecular flexibility index (Phi) is 7.26. The maximum absolute atomic E-state index is 6.71. The van der Waals surface area contributed by atoms with E-state index in [-0.39, 0.29) is 0 Å². The number of para-hydroxylation sites is 1. The maximum Gasteiger partial charge on any atom is 0.136 e. The molecule has 0 radical (unpaired) electrons. The average Bonchev–Trinajstić information content (AvgIpc) is 3.86. The Hall–Kier alpha value is -7.68. The molecule has 0 fully saturated rings. The van der Waals surface area contributed by atoms with Crippen molar-refractivity contribution in [3.8, 4) is 55.6 Å². The first-order valence-corrected chi connectivity index (χ1v) is 19.8. The van der Waals surface area contributed by atoms with Gasteiger partial charge in [0.05, 0.1) is 0 Å². The Balaban J connectivity index is 1.23. The quantitative estimate of drug-likeness (QED) is 0.164. The van der Waals surface area contributed by atoms with Gasteiger partial charge < -0.3 is 8.83 Å². The van der Waals surface area contributed by atoms with Crippen molar-refractivity contribution in [1.29, 1.82) is 0 Å². The van der Waals surface area contributed by atoms with Gasteiger partial charge in [0.1, 0.15) is 22.3 Å². The van der Waals surface area contributed by atoms with E-state index in [9.17, 15) is 0 Å². The first kappa shape index (κ1) is 32.6. The van der Waals surface area contributed by atoms with Crippen molar-refractivity contribution in [3.63, 3.8) is 0 Å². The highest BCUT2D eigenvalue weighted by atomic mass is 16.3.